The lowest BCUT2D eigenvalue weighted by Gasteiger charge is -2.12. The maximum Gasteiger partial charge on any atom is 0.342 e. The van der Waals surface area contributed by atoms with Crippen molar-refractivity contribution in [1.82, 2.24) is 0 Å². The first-order valence-corrected chi connectivity index (χ1v) is 4.66. The molecule has 0 aromatic heterocycles. The van der Waals surface area contributed by atoms with Gasteiger partial charge in [0.1, 0.15) is 23.7 Å². The Balaban J connectivity index is 2.86. The lowest BCUT2D eigenvalue weighted by molar-refractivity contribution is 0.0532. The smallest absolute Gasteiger partial charge is 0.342 e. The van der Waals surface area contributed by atoms with Crippen LogP contribution in [0.15, 0.2) is 0 Å². The van der Waals surface area contributed by atoms with E-state index in [2.05, 4.69) is 0 Å². The first-order valence-electron chi connectivity index (χ1n) is 4.66. The van der Waals surface area contributed by atoms with E-state index in [1.54, 1.807) is 6.92 Å². The van der Waals surface area contributed by atoms with Crippen LogP contribution >= 0.6 is 0 Å². The van der Waals surface area contributed by atoms with Gasteiger partial charge in [0.05, 0.1) is 12.7 Å². The summed E-state index contributed by atoms with van der Waals surface area (Å²) in [5.41, 5.74) is 1.27. The predicted molar refractivity (Wildman–Crippen MR) is 53.9 cm³/mol. The van der Waals surface area contributed by atoms with Crippen LogP contribution in [0.1, 0.15) is 31.8 Å². The van der Waals surface area contributed by atoms with Crippen LogP contribution in [0.4, 0.5) is 0 Å². The van der Waals surface area contributed by atoms with Gasteiger partial charge in [-0.3, -0.25) is 4.79 Å². The van der Waals surface area contributed by atoms with Crippen LogP contribution < -0.4 is 4.74 Å². The summed E-state index contributed by atoms with van der Waals surface area (Å²) in [5.74, 6) is -0.613. The molecule has 84 valence electrons. The van der Waals surface area contributed by atoms with Gasteiger partial charge < -0.3 is 14.6 Å². The number of aldehydes is 1. The standard InChI is InChI=1S/C11H10O5/c1-5-7-4-16-11(14)8(7)10(15-2)6(3-12)9(5)13/h3,13H,4H2,1-2H3. The summed E-state index contributed by atoms with van der Waals surface area (Å²) in [6.07, 6.45) is 0.465. The van der Waals surface area contributed by atoms with Crippen molar-refractivity contribution >= 4 is 12.3 Å². The summed E-state index contributed by atoms with van der Waals surface area (Å²) in [7, 11) is 1.34. The molecule has 0 spiro atoms. The minimum Gasteiger partial charge on any atom is -0.507 e. The number of carbonyl (C=O) groups is 2. The highest BCUT2D eigenvalue weighted by Crippen LogP contribution is 2.40. The SMILES string of the molecule is COc1c(C=O)c(O)c(C)c2c1C(=O)OC2. The molecule has 5 heteroatoms. The van der Waals surface area contributed by atoms with Gasteiger partial charge in [-0.05, 0) is 12.5 Å². The molecular weight excluding hydrogens is 212 g/mol. The Bertz CT molecular complexity index is 490. The molecule has 0 unspecified atom stereocenters. The van der Waals surface area contributed by atoms with Crippen molar-refractivity contribution in [1.29, 1.82) is 0 Å². The first-order chi connectivity index (χ1) is 7.61. The molecule has 1 N–H and O–H groups in total. The van der Waals surface area contributed by atoms with Gasteiger partial charge in [0.25, 0.3) is 0 Å². The van der Waals surface area contributed by atoms with Gasteiger partial charge in [0, 0.05) is 5.56 Å². The number of phenolic OH excluding ortho intramolecular Hbond substituents is 1. The highest BCUT2D eigenvalue weighted by atomic mass is 16.5. The maximum atomic E-state index is 11.5. The minimum absolute atomic E-state index is 0.0161. The minimum atomic E-state index is -0.530. The molecule has 2 rings (SSSR count). The van der Waals surface area contributed by atoms with Gasteiger partial charge in [0.2, 0.25) is 0 Å². The second kappa shape index (κ2) is 3.52. The fourth-order valence-corrected chi connectivity index (χ4v) is 1.84. The third-order valence-electron chi connectivity index (χ3n) is 2.71. The van der Waals surface area contributed by atoms with Crippen LogP contribution in [0.25, 0.3) is 0 Å². The summed E-state index contributed by atoms with van der Waals surface area (Å²) < 4.78 is 9.85. The van der Waals surface area contributed by atoms with E-state index in [0.29, 0.717) is 17.4 Å². The lowest BCUT2D eigenvalue weighted by atomic mass is 9.98. The van der Waals surface area contributed by atoms with Crippen LogP contribution in [0.2, 0.25) is 0 Å². The number of aromatic hydroxyl groups is 1. The molecule has 1 aromatic rings. The summed E-state index contributed by atoms with van der Waals surface area (Å²) >= 11 is 0. The third-order valence-corrected chi connectivity index (χ3v) is 2.71. The molecule has 0 bridgehead atoms. The van der Waals surface area contributed by atoms with E-state index < -0.39 is 5.97 Å². The predicted octanol–water partition coefficient (Wildman–Crippen LogP) is 1.19. The van der Waals surface area contributed by atoms with Gasteiger partial charge in [-0.1, -0.05) is 0 Å². The molecule has 0 fully saturated rings. The number of esters is 1. The molecule has 1 heterocycles. The van der Waals surface area contributed by atoms with Crippen molar-refractivity contribution in [3.63, 3.8) is 0 Å². The van der Waals surface area contributed by atoms with Crippen molar-refractivity contribution in [2.75, 3.05) is 7.11 Å². The lowest BCUT2D eigenvalue weighted by Crippen LogP contribution is -2.03. The average Bonchev–Trinajstić information content (AvgIpc) is 2.66. The molecule has 0 saturated heterocycles. The van der Waals surface area contributed by atoms with E-state index in [9.17, 15) is 14.7 Å². The zero-order valence-corrected chi connectivity index (χ0v) is 8.86. The third kappa shape index (κ3) is 1.18. The van der Waals surface area contributed by atoms with Crippen LogP contribution in [0.5, 0.6) is 11.5 Å². The summed E-state index contributed by atoms with van der Waals surface area (Å²) in [6, 6.07) is 0. The molecule has 1 aliphatic rings. The largest absolute Gasteiger partial charge is 0.507 e. The number of cyclic esters (lactones) is 1. The van der Waals surface area contributed by atoms with Crippen molar-refractivity contribution in [2.45, 2.75) is 13.5 Å². The number of benzene rings is 1. The first kappa shape index (κ1) is 10.5. The summed E-state index contributed by atoms with van der Waals surface area (Å²) in [5, 5.41) is 9.78. The average molecular weight is 222 g/mol. The summed E-state index contributed by atoms with van der Waals surface area (Å²) in [6.45, 7) is 1.73. The molecule has 16 heavy (non-hydrogen) atoms. The number of rotatable bonds is 2. The fraction of sp³-hybridized carbons (Fsp3) is 0.273. The molecule has 0 atom stereocenters. The maximum absolute atomic E-state index is 11.5. The molecule has 1 aliphatic heterocycles. The van der Waals surface area contributed by atoms with Gasteiger partial charge in [-0.2, -0.15) is 0 Å². The number of ether oxygens (including phenoxy) is 2. The molecule has 0 radical (unpaired) electrons. The van der Waals surface area contributed by atoms with E-state index in [4.69, 9.17) is 9.47 Å². The van der Waals surface area contributed by atoms with Crippen molar-refractivity contribution in [3.8, 4) is 11.5 Å². The fourth-order valence-electron chi connectivity index (χ4n) is 1.84. The Morgan fingerprint density at radius 3 is 2.75 bits per heavy atom. The monoisotopic (exact) mass is 222 g/mol. The van der Waals surface area contributed by atoms with E-state index in [1.807, 2.05) is 0 Å². The Morgan fingerprint density at radius 2 is 2.19 bits per heavy atom. The molecule has 0 aliphatic carbocycles. The molecule has 1 aromatic carbocycles. The van der Waals surface area contributed by atoms with E-state index in [-0.39, 0.29) is 29.2 Å². The van der Waals surface area contributed by atoms with Gasteiger partial charge in [-0.15, -0.1) is 0 Å². The van der Waals surface area contributed by atoms with Gasteiger partial charge in [-0.25, -0.2) is 4.79 Å². The number of carbonyl (C=O) groups excluding carboxylic acids is 2. The molecule has 0 amide bonds. The van der Waals surface area contributed by atoms with Crippen LogP contribution in [0.3, 0.4) is 0 Å². The number of methoxy groups -OCH3 is 1. The van der Waals surface area contributed by atoms with Crippen molar-refractivity contribution in [3.05, 3.63) is 22.3 Å². The molecule has 5 nitrogen and oxygen atoms in total. The van der Waals surface area contributed by atoms with Crippen molar-refractivity contribution in [2.24, 2.45) is 0 Å². The Kier molecular flexibility index (Phi) is 2.30. The quantitative estimate of drug-likeness (QED) is 0.601. The Labute approximate surface area is 91.6 Å². The normalized spacial score (nSPS) is 13.2. The van der Waals surface area contributed by atoms with E-state index in [0.717, 1.165) is 0 Å². The number of hydrogen-bond acceptors (Lipinski definition) is 5. The number of hydrogen-bond donors (Lipinski definition) is 1. The number of fused-ring (bicyclic) bond motifs is 1. The van der Waals surface area contributed by atoms with Crippen LogP contribution in [0, 0.1) is 6.92 Å². The van der Waals surface area contributed by atoms with Crippen LogP contribution in [-0.2, 0) is 11.3 Å². The molecule has 0 saturated carbocycles. The van der Waals surface area contributed by atoms with Gasteiger partial charge >= 0.3 is 5.97 Å². The Morgan fingerprint density at radius 1 is 1.50 bits per heavy atom. The second-order valence-electron chi connectivity index (χ2n) is 3.47. The zero-order valence-electron chi connectivity index (χ0n) is 8.86. The zero-order chi connectivity index (χ0) is 11.9. The van der Waals surface area contributed by atoms with Crippen LogP contribution in [-0.4, -0.2) is 24.5 Å². The Hall–Kier alpha value is -2.04. The number of phenols is 1. The highest BCUT2D eigenvalue weighted by Gasteiger charge is 2.32. The van der Waals surface area contributed by atoms with E-state index >= 15 is 0 Å². The highest BCUT2D eigenvalue weighted by molar-refractivity contribution is 6.01. The molecular formula is C11H10O5. The summed E-state index contributed by atoms with van der Waals surface area (Å²) in [4.78, 5) is 22.4. The second-order valence-corrected chi connectivity index (χ2v) is 3.47. The van der Waals surface area contributed by atoms with E-state index in [1.165, 1.54) is 7.11 Å². The topological polar surface area (TPSA) is 72.8 Å². The van der Waals surface area contributed by atoms with Crippen molar-refractivity contribution < 1.29 is 24.2 Å². The van der Waals surface area contributed by atoms with Gasteiger partial charge in [0.15, 0.2) is 6.29 Å².